The lowest BCUT2D eigenvalue weighted by Gasteiger charge is -2.19. The van der Waals surface area contributed by atoms with E-state index in [9.17, 15) is 10.0 Å². The lowest BCUT2D eigenvalue weighted by atomic mass is 10.0. The molecule has 0 N–H and O–H groups in total. The molecule has 0 radical (unpaired) electrons. The molecule has 0 spiro atoms. The first-order valence-corrected chi connectivity index (χ1v) is 5.80. The van der Waals surface area contributed by atoms with Crippen molar-refractivity contribution in [3.63, 3.8) is 0 Å². The summed E-state index contributed by atoms with van der Waals surface area (Å²) < 4.78 is 5.53. The number of benzene rings is 1. The van der Waals surface area contributed by atoms with Crippen LogP contribution in [0.4, 0.5) is 0 Å². The van der Waals surface area contributed by atoms with Crippen molar-refractivity contribution < 1.29 is 14.3 Å². The molecule has 4 nitrogen and oxygen atoms in total. The van der Waals surface area contributed by atoms with E-state index in [1.165, 1.54) is 13.3 Å². The summed E-state index contributed by atoms with van der Waals surface area (Å²) in [6.45, 7) is 5.50. The second-order valence-electron chi connectivity index (χ2n) is 5.08. The van der Waals surface area contributed by atoms with E-state index in [4.69, 9.17) is 0 Å². The van der Waals surface area contributed by atoms with Crippen molar-refractivity contribution in [2.24, 2.45) is 0 Å². The van der Waals surface area contributed by atoms with E-state index in [1.54, 1.807) is 0 Å². The van der Waals surface area contributed by atoms with Crippen LogP contribution in [0.5, 0.6) is 0 Å². The van der Waals surface area contributed by atoms with Crippen LogP contribution in [0.3, 0.4) is 0 Å². The Kier molecular flexibility index (Phi) is 4.48. The lowest BCUT2D eigenvalue weighted by molar-refractivity contribution is -0.530. The van der Waals surface area contributed by atoms with Crippen LogP contribution >= 0.6 is 0 Å². The molecular weight excluding hydrogens is 230 g/mol. The van der Waals surface area contributed by atoms with E-state index in [-0.39, 0.29) is 12.4 Å². The summed E-state index contributed by atoms with van der Waals surface area (Å²) in [5.74, 6) is -0.316. The fraction of sp³-hybridized carbons (Fsp3) is 0.429. The van der Waals surface area contributed by atoms with Gasteiger partial charge in [0.05, 0.1) is 13.5 Å². The van der Waals surface area contributed by atoms with Gasteiger partial charge in [-0.15, -0.1) is 0 Å². The Labute approximate surface area is 107 Å². The average molecular weight is 249 g/mol. The summed E-state index contributed by atoms with van der Waals surface area (Å²) in [4.78, 5) is 11.3. The number of hydroxylamine groups is 1. The molecule has 0 heterocycles. The first kappa shape index (κ1) is 14.2. The standard InChI is InChI=1S/C14H19NO3/c1-14(2,3)15(17)10-12-8-6-5-7-11(12)9-13(16)18-4/h5-8,10H,9H2,1-4H3. The zero-order valence-electron chi connectivity index (χ0n) is 11.3. The van der Waals surface area contributed by atoms with Crippen LogP contribution in [-0.4, -0.2) is 29.6 Å². The number of methoxy groups -OCH3 is 1. The quantitative estimate of drug-likeness (QED) is 0.271. The molecule has 0 fully saturated rings. The maximum Gasteiger partial charge on any atom is 0.310 e. The molecular formula is C14H19NO3. The Morgan fingerprint density at radius 3 is 2.56 bits per heavy atom. The molecule has 0 aliphatic rings. The highest BCUT2D eigenvalue weighted by molar-refractivity contribution is 5.82. The first-order chi connectivity index (χ1) is 8.34. The maximum absolute atomic E-state index is 11.9. The van der Waals surface area contributed by atoms with Gasteiger partial charge in [-0.25, -0.2) is 4.74 Å². The van der Waals surface area contributed by atoms with Crippen molar-refractivity contribution in [1.29, 1.82) is 0 Å². The molecule has 98 valence electrons. The van der Waals surface area contributed by atoms with Crippen LogP contribution in [0.15, 0.2) is 24.3 Å². The summed E-state index contributed by atoms with van der Waals surface area (Å²) in [6.07, 6.45) is 1.68. The molecule has 1 rings (SSSR count). The molecule has 0 atom stereocenters. The van der Waals surface area contributed by atoms with Gasteiger partial charge in [0.15, 0.2) is 11.8 Å². The Morgan fingerprint density at radius 1 is 1.39 bits per heavy atom. The van der Waals surface area contributed by atoms with E-state index in [1.807, 2.05) is 45.0 Å². The number of carbonyl (C=O) groups is 1. The molecule has 18 heavy (non-hydrogen) atoms. The Morgan fingerprint density at radius 2 is 2.00 bits per heavy atom. The summed E-state index contributed by atoms with van der Waals surface area (Å²) in [6, 6.07) is 7.30. The molecule has 1 aromatic carbocycles. The third-order valence-electron chi connectivity index (χ3n) is 2.54. The van der Waals surface area contributed by atoms with Crippen molar-refractivity contribution in [1.82, 2.24) is 0 Å². The molecule has 0 saturated heterocycles. The van der Waals surface area contributed by atoms with E-state index in [0.29, 0.717) is 0 Å². The molecule has 0 aliphatic heterocycles. The summed E-state index contributed by atoms with van der Waals surface area (Å²) >= 11 is 0. The van der Waals surface area contributed by atoms with Gasteiger partial charge in [0.2, 0.25) is 0 Å². The second-order valence-corrected chi connectivity index (χ2v) is 5.08. The maximum atomic E-state index is 11.9. The van der Waals surface area contributed by atoms with Crippen molar-refractivity contribution in [2.45, 2.75) is 32.7 Å². The second kappa shape index (κ2) is 5.67. The predicted molar refractivity (Wildman–Crippen MR) is 70.7 cm³/mol. The molecule has 0 aromatic heterocycles. The molecule has 0 saturated carbocycles. The number of carbonyl (C=O) groups excluding carboxylic acids is 1. The van der Waals surface area contributed by atoms with Gasteiger partial charge >= 0.3 is 5.97 Å². The van der Waals surface area contributed by atoms with E-state index >= 15 is 0 Å². The number of nitrogens with zero attached hydrogens (tertiary/aromatic N) is 1. The van der Waals surface area contributed by atoms with Gasteiger partial charge in [0.1, 0.15) is 0 Å². The minimum Gasteiger partial charge on any atom is -0.623 e. The van der Waals surface area contributed by atoms with Crippen LogP contribution in [0, 0.1) is 5.21 Å². The van der Waals surface area contributed by atoms with Gasteiger partial charge in [0, 0.05) is 26.3 Å². The summed E-state index contributed by atoms with van der Waals surface area (Å²) in [7, 11) is 1.35. The first-order valence-electron chi connectivity index (χ1n) is 5.80. The van der Waals surface area contributed by atoms with Gasteiger partial charge in [-0.3, -0.25) is 4.79 Å². The van der Waals surface area contributed by atoms with Crippen LogP contribution < -0.4 is 0 Å². The van der Waals surface area contributed by atoms with Crippen LogP contribution in [0.1, 0.15) is 31.9 Å². The lowest BCUT2D eigenvalue weighted by Crippen LogP contribution is -2.29. The molecule has 4 heteroatoms. The normalized spacial score (nSPS) is 12.3. The van der Waals surface area contributed by atoms with E-state index in [2.05, 4.69) is 4.74 Å². The Bertz CT molecular complexity index is 458. The van der Waals surface area contributed by atoms with Crippen molar-refractivity contribution in [3.05, 3.63) is 40.6 Å². The minimum atomic E-state index is -0.502. The van der Waals surface area contributed by atoms with E-state index < -0.39 is 5.54 Å². The largest absolute Gasteiger partial charge is 0.623 e. The van der Waals surface area contributed by atoms with E-state index in [0.717, 1.165) is 15.9 Å². The molecule has 0 bridgehead atoms. The average Bonchev–Trinajstić information content (AvgIpc) is 2.30. The highest BCUT2D eigenvalue weighted by atomic mass is 16.5. The monoisotopic (exact) mass is 249 g/mol. The summed E-state index contributed by atoms with van der Waals surface area (Å²) in [5.41, 5.74) is 1.03. The molecule has 0 aliphatic carbocycles. The van der Waals surface area contributed by atoms with Crippen molar-refractivity contribution in [2.75, 3.05) is 7.11 Å². The van der Waals surface area contributed by atoms with Crippen LogP contribution in [0.25, 0.3) is 0 Å². The number of esters is 1. The van der Waals surface area contributed by atoms with Crippen LogP contribution in [-0.2, 0) is 16.0 Å². The fourth-order valence-corrected chi connectivity index (χ4v) is 1.37. The molecule has 1 aromatic rings. The zero-order valence-corrected chi connectivity index (χ0v) is 11.3. The Hall–Kier alpha value is -1.84. The van der Waals surface area contributed by atoms with Crippen molar-refractivity contribution >= 4 is 12.2 Å². The fourth-order valence-electron chi connectivity index (χ4n) is 1.37. The number of rotatable bonds is 3. The molecule has 0 unspecified atom stereocenters. The Balaban J connectivity index is 3.06. The van der Waals surface area contributed by atoms with Gasteiger partial charge in [-0.1, -0.05) is 18.2 Å². The smallest absolute Gasteiger partial charge is 0.310 e. The SMILES string of the molecule is COC(=O)Cc1ccccc1C=[N+]([O-])C(C)(C)C. The minimum absolute atomic E-state index is 0.168. The predicted octanol–water partition coefficient (Wildman–Crippen LogP) is 2.13. The van der Waals surface area contributed by atoms with Gasteiger partial charge < -0.3 is 9.94 Å². The topological polar surface area (TPSA) is 52.4 Å². The highest BCUT2D eigenvalue weighted by Gasteiger charge is 2.19. The number of ether oxygens (including phenoxy) is 1. The van der Waals surface area contributed by atoms with Gasteiger partial charge in [-0.05, 0) is 11.6 Å². The van der Waals surface area contributed by atoms with Gasteiger partial charge in [0.25, 0.3) is 0 Å². The van der Waals surface area contributed by atoms with Gasteiger partial charge in [-0.2, -0.15) is 0 Å². The zero-order chi connectivity index (χ0) is 13.8. The number of hydrogen-bond donors (Lipinski definition) is 0. The van der Waals surface area contributed by atoms with Crippen molar-refractivity contribution in [3.8, 4) is 0 Å². The summed E-state index contributed by atoms with van der Waals surface area (Å²) in [5, 5.41) is 11.9. The molecule has 0 amide bonds. The van der Waals surface area contributed by atoms with Crippen LogP contribution in [0.2, 0.25) is 0 Å². The third kappa shape index (κ3) is 3.87. The highest BCUT2D eigenvalue weighted by Crippen LogP contribution is 2.11. The third-order valence-corrected chi connectivity index (χ3v) is 2.54. The number of hydrogen-bond acceptors (Lipinski definition) is 3.